The maximum atomic E-state index is 12.3. The van der Waals surface area contributed by atoms with Crippen molar-refractivity contribution < 1.29 is 9.59 Å². The van der Waals surface area contributed by atoms with E-state index in [-0.39, 0.29) is 11.8 Å². The van der Waals surface area contributed by atoms with E-state index in [9.17, 15) is 9.59 Å². The number of nitrogens with one attached hydrogen (secondary N) is 1. The molecule has 2 aromatic heterocycles. The van der Waals surface area contributed by atoms with E-state index in [1.807, 2.05) is 37.3 Å². The summed E-state index contributed by atoms with van der Waals surface area (Å²) in [7, 11) is 0. The Morgan fingerprint density at radius 1 is 1.33 bits per heavy atom. The van der Waals surface area contributed by atoms with Crippen LogP contribution in [0.2, 0.25) is 0 Å². The highest BCUT2D eigenvalue weighted by Gasteiger charge is 2.17. The van der Waals surface area contributed by atoms with Gasteiger partial charge in [0.1, 0.15) is 5.82 Å². The fourth-order valence-corrected chi connectivity index (χ4v) is 3.62. The molecule has 0 aliphatic carbocycles. The summed E-state index contributed by atoms with van der Waals surface area (Å²) in [5, 5.41) is 18.1. The normalized spacial score (nSPS) is 10.7. The zero-order valence-electron chi connectivity index (χ0n) is 16.6. The SMILES string of the molecule is CC(=O)N(c1ccccc1)c1nc(/C=C/C(=O)Nc2cc(C)nn2CCC#N)cs1. The Kier molecular flexibility index (Phi) is 6.72. The van der Waals surface area contributed by atoms with E-state index in [4.69, 9.17) is 5.26 Å². The van der Waals surface area contributed by atoms with Crippen molar-refractivity contribution in [2.24, 2.45) is 0 Å². The highest BCUT2D eigenvalue weighted by Crippen LogP contribution is 2.29. The molecule has 3 rings (SSSR count). The first kappa shape index (κ1) is 21.0. The average Bonchev–Trinajstić information content (AvgIpc) is 3.32. The number of hydrogen-bond donors (Lipinski definition) is 1. The first-order chi connectivity index (χ1) is 14.5. The van der Waals surface area contributed by atoms with Gasteiger partial charge in [-0.3, -0.25) is 14.5 Å². The molecular formula is C21H20N6O2S. The number of aromatic nitrogens is 3. The summed E-state index contributed by atoms with van der Waals surface area (Å²) in [5.74, 6) is 0.0437. The fraction of sp³-hybridized carbons (Fsp3) is 0.190. The topological polar surface area (TPSA) is 104 Å². The summed E-state index contributed by atoms with van der Waals surface area (Å²) in [6, 6.07) is 13.1. The number of para-hydroxylation sites is 1. The van der Waals surface area contributed by atoms with Gasteiger partial charge in [-0.25, -0.2) is 9.67 Å². The number of amides is 2. The Bertz CT molecular complexity index is 1110. The summed E-state index contributed by atoms with van der Waals surface area (Å²) in [5.41, 5.74) is 2.05. The van der Waals surface area contributed by atoms with Gasteiger partial charge in [0.05, 0.1) is 36.1 Å². The largest absolute Gasteiger partial charge is 0.307 e. The molecular weight excluding hydrogens is 400 g/mol. The molecule has 2 heterocycles. The fourth-order valence-electron chi connectivity index (χ4n) is 2.76. The van der Waals surface area contributed by atoms with Crippen LogP contribution in [-0.2, 0) is 16.1 Å². The highest BCUT2D eigenvalue weighted by molar-refractivity contribution is 7.14. The third-order valence-electron chi connectivity index (χ3n) is 4.02. The molecule has 0 atom stereocenters. The van der Waals surface area contributed by atoms with Gasteiger partial charge in [0.2, 0.25) is 11.8 Å². The van der Waals surface area contributed by atoms with E-state index in [1.165, 1.54) is 29.2 Å². The average molecular weight is 420 g/mol. The van der Waals surface area contributed by atoms with Crippen molar-refractivity contribution in [1.29, 1.82) is 5.26 Å². The molecule has 1 N–H and O–H groups in total. The number of hydrogen-bond acceptors (Lipinski definition) is 6. The van der Waals surface area contributed by atoms with E-state index >= 15 is 0 Å². The van der Waals surface area contributed by atoms with Crippen LogP contribution < -0.4 is 10.2 Å². The highest BCUT2D eigenvalue weighted by atomic mass is 32.1. The zero-order valence-corrected chi connectivity index (χ0v) is 17.4. The van der Waals surface area contributed by atoms with E-state index in [0.717, 1.165) is 11.4 Å². The molecule has 9 heteroatoms. The number of thiazole rings is 1. The van der Waals surface area contributed by atoms with E-state index in [2.05, 4.69) is 21.5 Å². The minimum Gasteiger partial charge on any atom is -0.307 e. The van der Waals surface area contributed by atoms with Crippen LogP contribution in [0.4, 0.5) is 16.6 Å². The van der Waals surface area contributed by atoms with Gasteiger partial charge in [-0.2, -0.15) is 10.4 Å². The molecule has 0 bridgehead atoms. The first-order valence-electron chi connectivity index (χ1n) is 9.19. The maximum absolute atomic E-state index is 12.3. The Labute approximate surface area is 178 Å². The van der Waals surface area contributed by atoms with Crippen LogP contribution in [0.3, 0.4) is 0 Å². The molecule has 2 amide bonds. The van der Waals surface area contributed by atoms with Crippen LogP contribution in [0.15, 0.2) is 47.9 Å². The van der Waals surface area contributed by atoms with Gasteiger partial charge in [0.15, 0.2) is 5.13 Å². The van der Waals surface area contributed by atoms with Crippen molar-refractivity contribution in [1.82, 2.24) is 14.8 Å². The van der Waals surface area contributed by atoms with Gasteiger partial charge in [-0.05, 0) is 25.1 Å². The van der Waals surface area contributed by atoms with Crippen molar-refractivity contribution in [2.45, 2.75) is 26.8 Å². The molecule has 0 aliphatic heterocycles. The standard InChI is InChI=1S/C21H20N6O2S/c1-15-13-19(26(25-15)12-6-11-22)24-20(29)10-9-17-14-30-21(23-17)27(16(2)28)18-7-4-3-5-8-18/h3-5,7-10,13-14H,6,12H2,1-2H3,(H,24,29)/b10-9+. The van der Waals surface area contributed by atoms with Gasteiger partial charge >= 0.3 is 0 Å². The summed E-state index contributed by atoms with van der Waals surface area (Å²) in [4.78, 5) is 30.4. The molecule has 0 radical (unpaired) electrons. The molecule has 0 spiro atoms. The second-order valence-electron chi connectivity index (χ2n) is 6.37. The van der Waals surface area contributed by atoms with Crippen LogP contribution in [0.5, 0.6) is 0 Å². The van der Waals surface area contributed by atoms with Crippen molar-refractivity contribution in [3.63, 3.8) is 0 Å². The quantitative estimate of drug-likeness (QED) is 0.584. The number of aryl methyl sites for hydroxylation is 2. The van der Waals surface area contributed by atoms with E-state index < -0.39 is 0 Å². The third kappa shape index (κ3) is 5.18. The number of anilines is 3. The third-order valence-corrected chi connectivity index (χ3v) is 4.87. The summed E-state index contributed by atoms with van der Waals surface area (Å²) in [6.07, 6.45) is 3.26. The van der Waals surface area contributed by atoms with Gasteiger partial charge in [0.25, 0.3) is 0 Å². The molecule has 152 valence electrons. The summed E-state index contributed by atoms with van der Waals surface area (Å²) >= 11 is 1.32. The number of carbonyl (C=O) groups is 2. The molecule has 0 unspecified atom stereocenters. The lowest BCUT2D eigenvalue weighted by Gasteiger charge is -2.17. The number of nitrogens with zero attached hydrogens (tertiary/aromatic N) is 5. The maximum Gasteiger partial charge on any atom is 0.249 e. The van der Waals surface area contributed by atoms with E-state index in [0.29, 0.717) is 29.6 Å². The van der Waals surface area contributed by atoms with Crippen LogP contribution in [-0.4, -0.2) is 26.6 Å². The molecule has 0 aliphatic rings. The van der Waals surface area contributed by atoms with Crippen molar-refractivity contribution in [3.05, 3.63) is 59.2 Å². The van der Waals surface area contributed by atoms with Gasteiger partial charge in [-0.1, -0.05) is 18.2 Å². The number of benzene rings is 1. The molecule has 0 fully saturated rings. The van der Waals surface area contributed by atoms with E-state index in [1.54, 1.807) is 22.2 Å². The lowest BCUT2D eigenvalue weighted by Crippen LogP contribution is -2.22. The van der Waals surface area contributed by atoms with Crippen molar-refractivity contribution >= 4 is 45.9 Å². The monoisotopic (exact) mass is 420 g/mol. The molecule has 1 aromatic carbocycles. The smallest absolute Gasteiger partial charge is 0.249 e. The predicted octanol–water partition coefficient (Wildman–Crippen LogP) is 3.90. The van der Waals surface area contributed by atoms with Crippen LogP contribution in [0.1, 0.15) is 24.7 Å². The zero-order chi connectivity index (χ0) is 21.5. The van der Waals surface area contributed by atoms with Gasteiger partial charge in [0, 0.05) is 24.4 Å². The Morgan fingerprint density at radius 3 is 2.80 bits per heavy atom. The van der Waals surface area contributed by atoms with Gasteiger partial charge < -0.3 is 5.32 Å². The number of nitriles is 1. The minimum atomic E-state index is -0.339. The molecule has 30 heavy (non-hydrogen) atoms. The second kappa shape index (κ2) is 9.62. The van der Waals surface area contributed by atoms with Crippen molar-refractivity contribution in [2.75, 3.05) is 10.2 Å². The number of carbonyl (C=O) groups excluding carboxylic acids is 2. The predicted molar refractivity (Wildman–Crippen MR) is 116 cm³/mol. The molecule has 0 saturated carbocycles. The Hall–Kier alpha value is -3.77. The Balaban J connectivity index is 1.70. The van der Waals surface area contributed by atoms with Crippen LogP contribution in [0, 0.1) is 18.3 Å². The lowest BCUT2D eigenvalue weighted by molar-refractivity contribution is -0.116. The van der Waals surface area contributed by atoms with Crippen molar-refractivity contribution in [3.8, 4) is 6.07 Å². The Morgan fingerprint density at radius 2 is 2.10 bits per heavy atom. The van der Waals surface area contributed by atoms with Crippen LogP contribution in [0.25, 0.3) is 6.08 Å². The number of rotatable bonds is 7. The summed E-state index contributed by atoms with van der Waals surface area (Å²) < 4.78 is 1.59. The molecule has 8 nitrogen and oxygen atoms in total. The molecule has 0 saturated heterocycles. The van der Waals surface area contributed by atoms with Crippen LogP contribution >= 0.6 is 11.3 Å². The minimum absolute atomic E-state index is 0.148. The van der Waals surface area contributed by atoms with Gasteiger partial charge in [-0.15, -0.1) is 11.3 Å². The first-order valence-corrected chi connectivity index (χ1v) is 10.1. The summed E-state index contributed by atoms with van der Waals surface area (Å²) in [6.45, 7) is 3.70. The second-order valence-corrected chi connectivity index (χ2v) is 7.21. The molecule has 3 aromatic rings. The lowest BCUT2D eigenvalue weighted by atomic mass is 10.3.